The Morgan fingerprint density at radius 3 is 2.52 bits per heavy atom. The van der Waals surface area contributed by atoms with Crippen LogP contribution >= 0.6 is 0 Å². The molecule has 1 aliphatic carbocycles. The van der Waals surface area contributed by atoms with E-state index in [1.54, 1.807) is 0 Å². The molecule has 0 aromatic carbocycles. The molecular weight excluding hydrogens is 260 g/mol. The van der Waals surface area contributed by atoms with Crippen molar-refractivity contribution in [2.24, 2.45) is 11.8 Å². The van der Waals surface area contributed by atoms with Gasteiger partial charge in [0.2, 0.25) is 0 Å². The van der Waals surface area contributed by atoms with Crippen LogP contribution in [0, 0.1) is 11.8 Å². The molecule has 0 N–H and O–H groups in total. The van der Waals surface area contributed by atoms with E-state index in [9.17, 15) is 4.79 Å². The second-order valence-corrected chi connectivity index (χ2v) is 6.41. The molecule has 1 atom stereocenters. The number of carbonyl (C=O) groups is 1. The van der Waals surface area contributed by atoms with Gasteiger partial charge in [-0.3, -0.25) is 4.79 Å². The molecule has 21 heavy (non-hydrogen) atoms. The first-order chi connectivity index (χ1) is 10.2. The minimum absolute atomic E-state index is 0.0465. The Kier molecular flexibility index (Phi) is 9.45. The van der Waals surface area contributed by atoms with Crippen molar-refractivity contribution in [2.75, 3.05) is 6.61 Å². The number of carbonyl (C=O) groups excluding carboxylic acids is 1. The monoisotopic (exact) mass is 294 g/mol. The lowest BCUT2D eigenvalue weighted by Gasteiger charge is -2.29. The molecule has 0 amide bonds. The standard InChI is InChI=1S/C19H34O2/c1-4-6-8-11-18(14-15-19(20)21-5-2)16(3)17-12-9-7-10-13-17/h11,16-17H,4-10,12-15H2,1-3H3/b18-11-/t16-/m1/s1. The number of hydrogen-bond acceptors (Lipinski definition) is 2. The van der Waals surface area contributed by atoms with Crippen LogP contribution in [0.3, 0.4) is 0 Å². The van der Waals surface area contributed by atoms with E-state index in [4.69, 9.17) is 4.74 Å². The quantitative estimate of drug-likeness (QED) is 0.311. The van der Waals surface area contributed by atoms with Crippen LogP contribution in [-0.4, -0.2) is 12.6 Å². The van der Waals surface area contributed by atoms with Crippen molar-refractivity contribution in [2.45, 2.75) is 85.0 Å². The van der Waals surface area contributed by atoms with Gasteiger partial charge < -0.3 is 4.74 Å². The van der Waals surface area contributed by atoms with Crippen molar-refractivity contribution in [1.82, 2.24) is 0 Å². The third kappa shape index (κ3) is 7.15. The molecule has 0 aromatic rings. The van der Waals surface area contributed by atoms with Gasteiger partial charge in [-0.05, 0) is 44.4 Å². The highest BCUT2D eigenvalue weighted by Crippen LogP contribution is 2.35. The Hall–Kier alpha value is -0.790. The van der Waals surface area contributed by atoms with Crippen LogP contribution in [-0.2, 0) is 9.53 Å². The molecule has 0 bridgehead atoms. The molecule has 0 spiro atoms. The van der Waals surface area contributed by atoms with E-state index in [0.29, 0.717) is 18.9 Å². The van der Waals surface area contributed by atoms with Crippen LogP contribution in [0.2, 0.25) is 0 Å². The van der Waals surface area contributed by atoms with E-state index in [0.717, 1.165) is 18.8 Å². The average Bonchev–Trinajstić information content (AvgIpc) is 2.51. The van der Waals surface area contributed by atoms with Crippen LogP contribution in [0.25, 0.3) is 0 Å². The molecule has 122 valence electrons. The van der Waals surface area contributed by atoms with E-state index in [2.05, 4.69) is 19.9 Å². The van der Waals surface area contributed by atoms with Gasteiger partial charge in [0.05, 0.1) is 6.61 Å². The van der Waals surface area contributed by atoms with Gasteiger partial charge in [0, 0.05) is 6.42 Å². The second kappa shape index (κ2) is 10.9. The predicted octanol–water partition coefficient (Wildman–Crippen LogP) is 5.66. The highest BCUT2D eigenvalue weighted by atomic mass is 16.5. The molecule has 0 saturated heterocycles. The van der Waals surface area contributed by atoms with Crippen LogP contribution in [0.4, 0.5) is 0 Å². The number of allylic oxidation sites excluding steroid dienone is 2. The van der Waals surface area contributed by atoms with Crippen molar-refractivity contribution in [3.63, 3.8) is 0 Å². The summed E-state index contributed by atoms with van der Waals surface area (Å²) in [7, 11) is 0. The van der Waals surface area contributed by atoms with Crippen LogP contribution < -0.4 is 0 Å². The first-order valence-electron chi connectivity index (χ1n) is 9.03. The molecule has 0 aliphatic heterocycles. The lowest BCUT2D eigenvalue weighted by Crippen LogP contribution is -2.18. The van der Waals surface area contributed by atoms with Gasteiger partial charge in [-0.15, -0.1) is 0 Å². The summed E-state index contributed by atoms with van der Waals surface area (Å²) in [6, 6.07) is 0. The van der Waals surface area contributed by atoms with Gasteiger partial charge in [-0.2, -0.15) is 0 Å². The van der Waals surface area contributed by atoms with Crippen LogP contribution in [0.15, 0.2) is 11.6 Å². The Balaban J connectivity index is 2.57. The molecule has 1 rings (SSSR count). The molecule has 2 nitrogen and oxygen atoms in total. The number of unbranched alkanes of at least 4 members (excludes halogenated alkanes) is 2. The topological polar surface area (TPSA) is 26.3 Å². The Bertz CT molecular complexity index is 314. The van der Waals surface area contributed by atoms with Gasteiger partial charge in [-0.1, -0.05) is 57.6 Å². The fourth-order valence-corrected chi connectivity index (χ4v) is 3.42. The summed E-state index contributed by atoms with van der Waals surface area (Å²) in [6.45, 7) is 6.97. The van der Waals surface area contributed by atoms with Crippen molar-refractivity contribution >= 4 is 5.97 Å². The van der Waals surface area contributed by atoms with Gasteiger partial charge in [0.1, 0.15) is 0 Å². The summed E-state index contributed by atoms with van der Waals surface area (Å²) in [4.78, 5) is 11.6. The molecular formula is C19H34O2. The smallest absolute Gasteiger partial charge is 0.306 e. The summed E-state index contributed by atoms with van der Waals surface area (Å²) in [5, 5.41) is 0. The summed E-state index contributed by atoms with van der Waals surface area (Å²) in [6.07, 6.45) is 14.4. The minimum atomic E-state index is -0.0465. The van der Waals surface area contributed by atoms with Crippen LogP contribution in [0.1, 0.15) is 85.0 Å². The fourth-order valence-electron chi connectivity index (χ4n) is 3.42. The summed E-state index contributed by atoms with van der Waals surface area (Å²) >= 11 is 0. The summed E-state index contributed by atoms with van der Waals surface area (Å²) < 4.78 is 5.08. The Morgan fingerprint density at radius 2 is 1.90 bits per heavy atom. The molecule has 2 heteroatoms. The third-order valence-electron chi connectivity index (χ3n) is 4.83. The Morgan fingerprint density at radius 1 is 1.19 bits per heavy atom. The van der Waals surface area contributed by atoms with E-state index in [-0.39, 0.29) is 5.97 Å². The highest BCUT2D eigenvalue weighted by molar-refractivity contribution is 5.69. The maximum atomic E-state index is 11.6. The van der Waals surface area contributed by atoms with E-state index >= 15 is 0 Å². The van der Waals surface area contributed by atoms with Gasteiger partial charge >= 0.3 is 5.97 Å². The van der Waals surface area contributed by atoms with Crippen LogP contribution in [0.5, 0.6) is 0 Å². The largest absolute Gasteiger partial charge is 0.466 e. The molecule has 1 fully saturated rings. The van der Waals surface area contributed by atoms with Crippen molar-refractivity contribution < 1.29 is 9.53 Å². The fraction of sp³-hybridized carbons (Fsp3) is 0.842. The van der Waals surface area contributed by atoms with E-state index in [1.165, 1.54) is 50.5 Å². The maximum Gasteiger partial charge on any atom is 0.306 e. The number of hydrogen-bond donors (Lipinski definition) is 0. The third-order valence-corrected chi connectivity index (χ3v) is 4.83. The summed E-state index contributed by atoms with van der Waals surface area (Å²) in [5.41, 5.74) is 1.50. The molecule has 1 saturated carbocycles. The maximum absolute atomic E-state index is 11.6. The summed E-state index contributed by atoms with van der Waals surface area (Å²) in [5.74, 6) is 1.42. The molecule has 0 aromatic heterocycles. The zero-order valence-corrected chi connectivity index (χ0v) is 14.3. The SMILES string of the molecule is CCCC/C=C(/CCC(=O)OCC)[C@H](C)C1CCCCC1. The van der Waals surface area contributed by atoms with E-state index < -0.39 is 0 Å². The van der Waals surface area contributed by atoms with Gasteiger partial charge in [-0.25, -0.2) is 0 Å². The zero-order valence-electron chi connectivity index (χ0n) is 14.3. The van der Waals surface area contributed by atoms with Crippen molar-refractivity contribution in [1.29, 1.82) is 0 Å². The lowest BCUT2D eigenvalue weighted by molar-refractivity contribution is -0.143. The number of rotatable bonds is 9. The lowest BCUT2D eigenvalue weighted by atomic mass is 9.76. The van der Waals surface area contributed by atoms with E-state index in [1.807, 2.05) is 6.92 Å². The predicted molar refractivity (Wildman–Crippen MR) is 89.2 cm³/mol. The normalized spacial score (nSPS) is 18.5. The Labute approximate surface area is 131 Å². The first-order valence-corrected chi connectivity index (χ1v) is 9.03. The highest BCUT2D eigenvalue weighted by Gasteiger charge is 2.23. The first kappa shape index (κ1) is 18.3. The molecule has 1 aliphatic rings. The number of ether oxygens (including phenoxy) is 1. The molecule has 0 heterocycles. The number of esters is 1. The second-order valence-electron chi connectivity index (χ2n) is 6.41. The molecule has 0 unspecified atom stereocenters. The average molecular weight is 294 g/mol. The molecule has 0 radical (unpaired) electrons. The minimum Gasteiger partial charge on any atom is -0.466 e. The van der Waals surface area contributed by atoms with Gasteiger partial charge in [0.25, 0.3) is 0 Å². The van der Waals surface area contributed by atoms with Crippen molar-refractivity contribution in [3.05, 3.63) is 11.6 Å². The van der Waals surface area contributed by atoms with Gasteiger partial charge in [0.15, 0.2) is 0 Å². The zero-order chi connectivity index (χ0) is 15.5. The van der Waals surface area contributed by atoms with Crippen molar-refractivity contribution in [3.8, 4) is 0 Å².